The molecular formula is C37H46N4O5S. The van der Waals surface area contributed by atoms with Crippen LogP contribution >= 0.6 is 0 Å². The normalized spacial score (nSPS) is 17.4. The van der Waals surface area contributed by atoms with Crippen LogP contribution in [0.1, 0.15) is 64.0 Å². The van der Waals surface area contributed by atoms with E-state index in [1.807, 2.05) is 42.5 Å². The summed E-state index contributed by atoms with van der Waals surface area (Å²) < 4.78 is 35.3. The lowest BCUT2D eigenvalue weighted by Crippen LogP contribution is -2.51. The van der Waals surface area contributed by atoms with E-state index in [1.165, 1.54) is 9.87 Å². The highest BCUT2D eigenvalue weighted by Crippen LogP contribution is 2.31. The van der Waals surface area contributed by atoms with Crippen LogP contribution in [0.5, 0.6) is 5.75 Å². The van der Waals surface area contributed by atoms with Gasteiger partial charge >= 0.3 is 0 Å². The number of nitrogens with zero attached hydrogens (tertiary/aromatic N) is 2. The molecule has 10 heteroatoms. The van der Waals surface area contributed by atoms with Gasteiger partial charge in [0.05, 0.1) is 11.4 Å². The number of nitrogens with one attached hydrogen (secondary N) is 1. The van der Waals surface area contributed by atoms with E-state index in [2.05, 4.69) is 31.3 Å². The Labute approximate surface area is 278 Å². The minimum atomic E-state index is -3.76. The van der Waals surface area contributed by atoms with Crippen molar-refractivity contribution in [2.45, 2.75) is 69.4 Å². The summed E-state index contributed by atoms with van der Waals surface area (Å²) in [5, 5.41) is 2.72. The molecule has 1 saturated heterocycles. The van der Waals surface area contributed by atoms with Crippen LogP contribution in [-0.4, -0.2) is 73.8 Å². The number of amides is 2. The van der Waals surface area contributed by atoms with E-state index >= 15 is 0 Å². The van der Waals surface area contributed by atoms with Crippen molar-refractivity contribution in [1.29, 1.82) is 0 Å². The van der Waals surface area contributed by atoms with Gasteiger partial charge < -0.3 is 20.7 Å². The van der Waals surface area contributed by atoms with Crippen LogP contribution in [0.25, 0.3) is 16.7 Å². The van der Waals surface area contributed by atoms with Gasteiger partial charge in [0.1, 0.15) is 5.75 Å². The molecule has 0 aromatic heterocycles. The third-order valence-corrected chi connectivity index (χ3v) is 10.8. The fourth-order valence-electron chi connectivity index (χ4n) is 6.16. The van der Waals surface area contributed by atoms with Crippen molar-refractivity contribution < 1.29 is 22.7 Å². The van der Waals surface area contributed by atoms with E-state index < -0.39 is 21.5 Å². The van der Waals surface area contributed by atoms with E-state index in [0.717, 1.165) is 35.1 Å². The monoisotopic (exact) mass is 658 g/mol. The lowest BCUT2D eigenvalue weighted by Gasteiger charge is -2.28. The summed E-state index contributed by atoms with van der Waals surface area (Å²) in [5.74, 6) is 0.322. The summed E-state index contributed by atoms with van der Waals surface area (Å²) >= 11 is 0. The Morgan fingerprint density at radius 1 is 0.979 bits per heavy atom. The molecule has 2 heterocycles. The quantitative estimate of drug-likeness (QED) is 0.293. The van der Waals surface area contributed by atoms with Crippen LogP contribution in [-0.2, 0) is 19.6 Å². The fourth-order valence-corrected chi connectivity index (χ4v) is 7.64. The number of rotatable bonds is 11. The number of nitrogens with two attached hydrogens (primary N) is 1. The molecule has 2 amide bonds. The molecule has 0 aliphatic carbocycles. The third kappa shape index (κ3) is 7.94. The highest BCUT2D eigenvalue weighted by Gasteiger charge is 2.33. The Balaban J connectivity index is 1.24. The maximum Gasteiger partial charge on any atom is 0.264 e. The van der Waals surface area contributed by atoms with Crippen LogP contribution < -0.4 is 15.8 Å². The average Bonchev–Trinajstić information content (AvgIpc) is 3.56. The lowest BCUT2D eigenvalue weighted by atomic mass is 9.99. The molecule has 250 valence electrons. The second-order valence-electron chi connectivity index (χ2n) is 13.1. The Bertz CT molecular complexity index is 1730. The van der Waals surface area contributed by atoms with Gasteiger partial charge in [-0.05, 0) is 91.1 Å². The largest absolute Gasteiger partial charge is 0.478 e. The molecule has 5 rings (SSSR count). The zero-order valence-corrected chi connectivity index (χ0v) is 28.6. The average molecular weight is 659 g/mol. The number of hydrogen-bond acceptors (Lipinski definition) is 6. The zero-order chi connectivity index (χ0) is 33.8. The van der Waals surface area contributed by atoms with Gasteiger partial charge in [-0.1, -0.05) is 68.5 Å². The first-order chi connectivity index (χ1) is 22.4. The molecule has 1 unspecified atom stereocenters. The number of hydrogen-bond donors (Lipinski definition) is 2. The maximum absolute atomic E-state index is 13.8. The Morgan fingerprint density at radius 3 is 2.43 bits per heavy atom. The van der Waals surface area contributed by atoms with Crippen LogP contribution in [0.4, 0.5) is 0 Å². The minimum absolute atomic E-state index is 0.0177. The summed E-state index contributed by atoms with van der Waals surface area (Å²) in [6.07, 6.45) is 4.41. The van der Waals surface area contributed by atoms with Crippen LogP contribution in [0, 0.1) is 0 Å². The topological polar surface area (TPSA) is 122 Å². The van der Waals surface area contributed by atoms with E-state index in [4.69, 9.17) is 10.5 Å². The van der Waals surface area contributed by atoms with Gasteiger partial charge in [-0.25, -0.2) is 8.42 Å². The summed E-state index contributed by atoms with van der Waals surface area (Å²) in [4.78, 5) is 27.7. The van der Waals surface area contributed by atoms with Gasteiger partial charge in [-0.15, -0.1) is 0 Å². The molecule has 0 radical (unpaired) electrons. The molecule has 3 aromatic carbocycles. The molecule has 3 aromatic rings. The summed E-state index contributed by atoms with van der Waals surface area (Å²) in [6.45, 7) is 9.13. The molecule has 9 nitrogen and oxygen atoms in total. The fraction of sp³-hybridized carbons (Fsp3) is 0.405. The molecule has 0 spiro atoms. The summed E-state index contributed by atoms with van der Waals surface area (Å²) in [7, 11) is -3.76. The molecule has 1 fully saturated rings. The predicted molar refractivity (Wildman–Crippen MR) is 185 cm³/mol. The van der Waals surface area contributed by atoms with Crippen molar-refractivity contribution in [3.8, 4) is 16.9 Å². The highest BCUT2D eigenvalue weighted by molar-refractivity contribution is 7.89. The van der Waals surface area contributed by atoms with Crippen molar-refractivity contribution in [1.82, 2.24) is 14.5 Å². The number of sulfonamides is 1. The van der Waals surface area contributed by atoms with Gasteiger partial charge in [0.25, 0.3) is 5.91 Å². The smallest absolute Gasteiger partial charge is 0.264 e. The zero-order valence-electron chi connectivity index (χ0n) is 27.7. The molecule has 2 aliphatic rings. The Hall–Kier alpha value is -3.99. The van der Waals surface area contributed by atoms with Gasteiger partial charge in [0.15, 0.2) is 5.60 Å². The van der Waals surface area contributed by atoms with Crippen molar-refractivity contribution in [2.24, 2.45) is 5.73 Å². The SMILES string of the molecule is CC(C)c1ccc(-c2cccc(S(=O)(=O)N3CCC=C(c4cccc(OC(C)(C)C(=O)NCC(=O)N5CCCC5CN)c4)C3)c2)cc1. The maximum atomic E-state index is 13.8. The number of carbonyl (C=O) groups excluding carboxylic acids is 2. The van der Waals surface area contributed by atoms with Crippen LogP contribution in [0.3, 0.4) is 0 Å². The first-order valence-electron chi connectivity index (χ1n) is 16.4. The third-order valence-electron chi connectivity index (χ3n) is 8.99. The first-order valence-corrected chi connectivity index (χ1v) is 17.8. The van der Waals surface area contributed by atoms with Crippen LogP contribution in [0.2, 0.25) is 0 Å². The van der Waals surface area contributed by atoms with Gasteiger partial charge in [-0.2, -0.15) is 4.31 Å². The van der Waals surface area contributed by atoms with E-state index in [9.17, 15) is 18.0 Å². The number of benzene rings is 3. The van der Waals surface area contributed by atoms with Crippen LogP contribution in [0.15, 0.2) is 83.8 Å². The number of likely N-dealkylation sites (tertiary alicyclic amines) is 1. The standard InChI is InChI=1S/C37H46N4O5S/c1-26(2)27-15-17-28(18-16-27)30-10-6-14-34(22-30)47(44,45)40-19-7-11-31(25-40)29-9-5-13-33(21-29)46-37(3,4)36(43)39-24-35(42)41-20-8-12-32(41)23-38/h5-6,9-11,13-18,21-22,26,32H,7-8,12,19-20,23-25,38H2,1-4H3,(H,39,43). The summed E-state index contributed by atoms with van der Waals surface area (Å²) in [6, 6.07) is 22.7. The van der Waals surface area contributed by atoms with E-state index in [-0.39, 0.29) is 29.9 Å². The minimum Gasteiger partial charge on any atom is -0.478 e. The number of carbonyl (C=O) groups is 2. The van der Waals surface area contributed by atoms with Gasteiger partial charge in [-0.3, -0.25) is 9.59 Å². The number of ether oxygens (including phenoxy) is 1. The highest BCUT2D eigenvalue weighted by atomic mass is 32.2. The first kappa shape index (κ1) is 34.3. The van der Waals surface area contributed by atoms with E-state index in [0.29, 0.717) is 37.7 Å². The summed E-state index contributed by atoms with van der Waals surface area (Å²) in [5.41, 5.74) is 9.27. The van der Waals surface area contributed by atoms with Gasteiger partial charge in [0.2, 0.25) is 15.9 Å². The van der Waals surface area contributed by atoms with Crippen molar-refractivity contribution in [3.05, 3.63) is 90.0 Å². The lowest BCUT2D eigenvalue weighted by molar-refractivity contribution is -0.138. The molecule has 2 aliphatic heterocycles. The molecule has 47 heavy (non-hydrogen) atoms. The molecule has 0 saturated carbocycles. The van der Waals surface area contributed by atoms with E-state index in [1.54, 1.807) is 43.0 Å². The van der Waals surface area contributed by atoms with Crippen molar-refractivity contribution in [2.75, 3.05) is 32.7 Å². The molecule has 0 bridgehead atoms. The van der Waals surface area contributed by atoms with Gasteiger partial charge in [0, 0.05) is 32.2 Å². The molecule has 1 atom stereocenters. The second kappa shape index (κ2) is 14.4. The molecule has 3 N–H and O–H groups in total. The predicted octanol–water partition coefficient (Wildman–Crippen LogP) is 5.18. The molecular weight excluding hydrogens is 612 g/mol. The Morgan fingerprint density at radius 2 is 1.70 bits per heavy atom. The van der Waals surface area contributed by atoms with Crippen molar-refractivity contribution >= 4 is 27.4 Å². The second-order valence-corrected chi connectivity index (χ2v) is 15.0. The Kier molecular flexibility index (Phi) is 10.5. The van der Waals surface area contributed by atoms with Crippen molar-refractivity contribution in [3.63, 3.8) is 0 Å².